The molecule has 3 rings (SSSR count). The zero-order valence-corrected chi connectivity index (χ0v) is 12.8. The Morgan fingerprint density at radius 2 is 1.79 bits per heavy atom. The molecule has 2 bridgehead atoms. The molecule has 3 fully saturated rings. The average Bonchev–Trinajstić information content (AvgIpc) is 2.38. The normalized spacial score (nSPS) is 41.4. The van der Waals surface area contributed by atoms with Gasteiger partial charge in [0.25, 0.3) is 0 Å². The van der Waals surface area contributed by atoms with Crippen molar-refractivity contribution in [3.63, 3.8) is 0 Å². The van der Waals surface area contributed by atoms with Gasteiger partial charge in [0, 0.05) is 31.2 Å². The van der Waals surface area contributed by atoms with Crippen LogP contribution in [0, 0.1) is 5.92 Å². The van der Waals surface area contributed by atoms with Crippen molar-refractivity contribution in [3.8, 4) is 0 Å². The first kappa shape index (κ1) is 13.8. The Kier molecular flexibility index (Phi) is 4.45. The average molecular weight is 265 g/mol. The van der Waals surface area contributed by atoms with E-state index in [1.807, 2.05) is 0 Å². The van der Waals surface area contributed by atoms with Gasteiger partial charge in [0.05, 0.1) is 0 Å². The van der Waals surface area contributed by atoms with Gasteiger partial charge in [-0.25, -0.2) is 0 Å². The fraction of sp³-hybridized carbons (Fsp3) is 1.00. The summed E-state index contributed by atoms with van der Waals surface area (Å²) in [7, 11) is 4.44. The van der Waals surface area contributed by atoms with E-state index in [9.17, 15) is 0 Å². The van der Waals surface area contributed by atoms with E-state index in [2.05, 4.69) is 29.2 Å². The van der Waals surface area contributed by atoms with Gasteiger partial charge < -0.3 is 10.2 Å². The fourth-order valence-corrected chi connectivity index (χ4v) is 4.73. The summed E-state index contributed by atoms with van der Waals surface area (Å²) in [6, 6.07) is 2.52. The highest BCUT2D eigenvalue weighted by Gasteiger charge is 2.38. The molecule has 0 aromatic carbocycles. The zero-order valence-electron chi connectivity index (χ0n) is 12.8. The highest BCUT2D eigenvalue weighted by atomic mass is 15.2. The Labute approximate surface area is 118 Å². The third-order valence-electron chi connectivity index (χ3n) is 5.73. The van der Waals surface area contributed by atoms with Gasteiger partial charge in [0.2, 0.25) is 0 Å². The standard InChI is InChI=1S/C16H31N3/c1-17-14-9-15-6-3-7-16(10-14)19(15)12-13-5-4-8-18(2)11-13/h13-17H,3-12H2,1-2H3. The van der Waals surface area contributed by atoms with Crippen molar-refractivity contribution in [1.29, 1.82) is 0 Å². The smallest absolute Gasteiger partial charge is 0.0113 e. The maximum absolute atomic E-state index is 3.53. The molecule has 3 aliphatic rings. The van der Waals surface area contributed by atoms with E-state index < -0.39 is 0 Å². The van der Waals surface area contributed by atoms with E-state index in [0.717, 1.165) is 24.0 Å². The Bertz CT molecular complexity index is 280. The topological polar surface area (TPSA) is 18.5 Å². The maximum Gasteiger partial charge on any atom is 0.0113 e. The molecule has 3 nitrogen and oxygen atoms in total. The molecule has 0 spiro atoms. The molecule has 1 N–H and O–H groups in total. The van der Waals surface area contributed by atoms with Crippen molar-refractivity contribution in [2.75, 3.05) is 33.7 Å². The Hall–Kier alpha value is -0.120. The lowest BCUT2D eigenvalue weighted by molar-refractivity contribution is 0.00443. The van der Waals surface area contributed by atoms with Gasteiger partial charge in [-0.2, -0.15) is 0 Å². The van der Waals surface area contributed by atoms with Crippen LogP contribution in [0.2, 0.25) is 0 Å². The van der Waals surface area contributed by atoms with Crippen LogP contribution in [-0.4, -0.2) is 61.7 Å². The van der Waals surface area contributed by atoms with Gasteiger partial charge >= 0.3 is 0 Å². The van der Waals surface area contributed by atoms with Crippen LogP contribution >= 0.6 is 0 Å². The molecule has 0 saturated carbocycles. The number of fused-ring (bicyclic) bond motifs is 2. The quantitative estimate of drug-likeness (QED) is 0.841. The molecular weight excluding hydrogens is 234 g/mol. The third-order valence-corrected chi connectivity index (χ3v) is 5.73. The minimum absolute atomic E-state index is 0.778. The summed E-state index contributed by atoms with van der Waals surface area (Å²) >= 11 is 0. The number of nitrogens with zero attached hydrogens (tertiary/aromatic N) is 2. The first-order valence-corrected chi connectivity index (χ1v) is 8.38. The Balaban J connectivity index is 1.60. The highest BCUT2D eigenvalue weighted by Crippen LogP contribution is 2.35. The van der Waals surface area contributed by atoms with Crippen molar-refractivity contribution in [1.82, 2.24) is 15.1 Å². The molecular formula is C16H31N3. The molecule has 0 aromatic rings. The lowest BCUT2D eigenvalue weighted by Gasteiger charge is -2.50. The van der Waals surface area contributed by atoms with E-state index in [-0.39, 0.29) is 0 Å². The van der Waals surface area contributed by atoms with E-state index in [0.29, 0.717) is 0 Å². The molecule has 3 atom stereocenters. The summed E-state index contributed by atoms with van der Waals surface area (Å²) in [5.74, 6) is 0.924. The maximum atomic E-state index is 3.53. The largest absolute Gasteiger partial charge is 0.317 e. The number of nitrogens with one attached hydrogen (secondary N) is 1. The monoisotopic (exact) mass is 265 g/mol. The summed E-state index contributed by atoms with van der Waals surface area (Å²) in [5, 5.41) is 3.53. The highest BCUT2D eigenvalue weighted by molar-refractivity contribution is 4.95. The molecule has 0 aromatic heterocycles. The lowest BCUT2D eigenvalue weighted by Crippen LogP contribution is -2.57. The van der Waals surface area contributed by atoms with Crippen LogP contribution in [0.25, 0.3) is 0 Å². The molecule has 0 radical (unpaired) electrons. The van der Waals surface area contributed by atoms with Gasteiger partial charge in [-0.05, 0) is 65.1 Å². The second kappa shape index (κ2) is 6.11. The number of likely N-dealkylation sites (tertiary alicyclic amines) is 1. The third kappa shape index (κ3) is 3.14. The lowest BCUT2D eigenvalue weighted by atomic mass is 9.80. The van der Waals surface area contributed by atoms with Crippen molar-refractivity contribution < 1.29 is 0 Å². The number of rotatable bonds is 3. The molecule has 3 heterocycles. The Morgan fingerprint density at radius 1 is 1.05 bits per heavy atom. The van der Waals surface area contributed by atoms with Crippen LogP contribution in [0.15, 0.2) is 0 Å². The van der Waals surface area contributed by atoms with Crippen LogP contribution in [0.3, 0.4) is 0 Å². The van der Waals surface area contributed by atoms with E-state index in [1.165, 1.54) is 64.6 Å². The van der Waals surface area contributed by atoms with Crippen LogP contribution < -0.4 is 5.32 Å². The minimum Gasteiger partial charge on any atom is -0.317 e. The van der Waals surface area contributed by atoms with Crippen molar-refractivity contribution in [2.45, 2.75) is 63.1 Å². The van der Waals surface area contributed by atoms with Crippen LogP contribution in [0.4, 0.5) is 0 Å². The molecule has 19 heavy (non-hydrogen) atoms. The fourth-order valence-electron chi connectivity index (χ4n) is 4.73. The SMILES string of the molecule is CNC1CC2CCCC(C1)N2CC1CCCN(C)C1. The summed E-state index contributed by atoms with van der Waals surface area (Å²) in [6.07, 6.45) is 9.98. The first-order valence-electron chi connectivity index (χ1n) is 8.38. The van der Waals surface area contributed by atoms with Gasteiger partial charge in [0.1, 0.15) is 0 Å². The number of hydrogen-bond acceptors (Lipinski definition) is 3. The first-order chi connectivity index (χ1) is 9.26. The molecule has 110 valence electrons. The van der Waals surface area contributed by atoms with Gasteiger partial charge in [-0.15, -0.1) is 0 Å². The van der Waals surface area contributed by atoms with Crippen LogP contribution in [-0.2, 0) is 0 Å². The van der Waals surface area contributed by atoms with E-state index in [4.69, 9.17) is 0 Å². The molecule has 0 aliphatic carbocycles. The predicted molar refractivity (Wildman–Crippen MR) is 80.4 cm³/mol. The number of hydrogen-bond donors (Lipinski definition) is 1. The molecule has 3 unspecified atom stereocenters. The van der Waals surface area contributed by atoms with Crippen molar-refractivity contribution >= 4 is 0 Å². The van der Waals surface area contributed by atoms with E-state index in [1.54, 1.807) is 0 Å². The molecule has 3 saturated heterocycles. The second-order valence-corrected chi connectivity index (χ2v) is 7.16. The summed E-state index contributed by atoms with van der Waals surface area (Å²) in [5.41, 5.74) is 0. The molecule has 3 aliphatic heterocycles. The summed E-state index contributed by atoms with van der Waals surface area (Å²) < 4.78 is 0. The summed E-state index contributed by atoms with van der Waals surface area (Å²) in [6.45, 7) is 4.01. The van der Waals surface area contributed by atoms with E-state index >= 15 is 0 Å². The predicted octanol–water partition coefficient (Wildman–Crippen LogP) is 1.93. The van der Waals surface area contributed by atoms with Gasteiger partial charge in [-0.1, -0.05) is 6.42 Å². The van der Waals surface area contributed by atoms with Gasteiger partial charge in [0.15, 0.2) is 0 Å². The summed E-state index contributed by atoms with van der Waals surface area (Å²) in [4.78, 5) is 5.44. The molecule has 3 heteroatoms. The van der Waals surface area contributed by atoms with Gasteiger partial charge in [-0.3, -0.25) is 4.90 Å². The zero-order chi connectivity index (χ0) is 13.2. The number of piperidine rings is 3. The minimum atomic E-state index is 0.778. The van der Waals surface area contributed by atoms with Crippen molar-refractivity contribution in [2.24, 2.45) is 5.92 Å². The van der Waals surface area contributed by atoms with Crippen LogP contribution in [0.1, 0.15) is 44.9 Å². The van der Waals surface area contributed by atoms with Crippen molar-refractivity contribution in [3.05, 3.63) is 0 Å². The molecule has 0 amide bonds. The second-order valence-electron chi connectivity index (χ2n) is 7.16. The Morgan fingerprint density at radius 3 is 2.42 bits per heavy atom. The van der Waals surface area contributed by atoms with Crippen LogP contribution in [0.5, 0.6) is 0 Å².